The van der Waals surface area contributed by atoms with E-state index in [9.17, 15) is 18.0 Å². The molecule has 0 spiro atoms. The molecular weight excluding hydrogens is 481 g/mol. The van der Waals surface area contributed by atoms with Gasteiger partial charge in [0.15, 0.2) is 0 Å². The molecule has 10 heteroatoms. The summed E-state index contributed by atoms with van der Waals surface area (Å²) in [7, 11) is 0. The number of amides is 1. The van der Waals surface area contributed by atoms with Gasteiger partial charge in [0, 0.05) is 54.1 Å². The van der Waals surface area contributed by atoms with Crippen molar-refractivity contribution in [3.8, 4) is 22.5 Å². The van der Waals surface area contributed by atoms with Crippen LogP contribution in [0.5, 0.6) is 0 Å². The molecule has 7 nitrogen and oxygen atoms in total. The average molecular weight is 509 g/mol. The Morgan fingerprint density at radius 3 is 2.54 bits per heavy atom. The molecule has 2 bridgehead atoms. The van der Waals surface area contributed by atoms with Crippen LogP contribution < -0.4 is 16.0 Å². The van der Waals surface area contributed by atoms with Crippen molar-refractivity contribution in [2.75, 3.05) is 36.8 Å². The summed E-state index contributed by atoms with van der Waals surface area (Å²) in [5, 5.41) is 2.84. The Hall–Kier alpha value is -3.66. The maximum atomic E-state index is 12.9. The number of halogens is 3. The van der Waals surface area contributed by atoms with E-state index in [1.165, 1.54) is 0 Å². The minimum absolute atomic E-state index is 0.0622. The lowest BCUT2D eigenvalue weighted by Gasteiger charge is -2.35. The minimum Gasteiger partial charge on any atom is -0.382 e. The van der Waals surface area contributed by atoms with Gasteiger partial charge in [-0.1, -0.05) is 25.1 Å². The normalized spacial score (nSPS) is 23.3. The molecule has 0 radical (unpaired) electrons. The Bertz CT molecular complexity index is 1360. The Morgan fingerprint density at radius 1 is 1.08 bits per heavy atom. The highest BCUT2D eigenvalue weighted by atomic mass is 19.4. The molecule has 1 amide bonds. The standard InChI is InChI=1S/C27H27F3N6O/c1-15-22-13-36(23(15)12-35(22)14-27(28,29)30)19-5-2-16(3-6-19)21-11-33-25(31)24(34-21)18-4-7-20-17(10-18)8-9-32-26(20)37/h2-7,10-11,15,22-23H,8-9,12-14H2,1H3,(H2,31,33)(H,32,37)/t15-,22+,23+/m0/s1. The molecule has 2 aromatic carbocycles. The quantitative estimate of drug-likeness (QED) is 0.558. The number of nitrogens with zero attached hydrogens (tertiary/aromatic N) is 4. The van der Waals surface area contributed by atoms with Crippen LogP contribution in [0.25, 0.3) is 22.5 Å². The van der Waals surface area contributed by atoms with E-state index in [0.717, 1.165) is 28.8 Å². The fraction of sp³-hybridized carbons (Fsp3) is 0.370. The average Bonchev–Trinajstić information content (AvgIpc) is 3.34. The summed E-state index contributed by atoms with van der Waals surface area (Å²) in [6.45, 7) is 2.80. The van der Waals surface area contributed by atoms with Gasteiger partial charge >= 0.3 is 6.18 Å². The lowest BCUT2D eigenvalue weighted by atomic mass is 9.96. The molecule has 0 aliphatic carbocycles. The Morgan fingerprint density at radius 2 is 1.84 bits per heavy atom. The van der Waals surface area contributed by atoms with Gasteiger partial charge in [0.2, 0.25) is 0 Å². The number of fused-ring (bicyclic) bond motifs is 3. The van der Waals surface area contributed by atoms with Crippen LogP contribution in [0.3, 0.4) is 0 Å². The summed E-state index contributed by atoms with van der Waals surface area (Å²) in [6, 6.07) is 13.4. The number of nitrogen functional groups attached to an aromatic ring is 1. The fourth-order valence-electron chi connectivity index (χ4n) is 5.99. The number of anilines is 2. The molecule has 2 saturated heterocycles. The number of piperazine rings is 1. The summed E-state index contributed by atoms with van der Waals surface area (Å²) in [5.41, 5.74) is 11.7. The Kier molecular flexibility index (Phi) is 5.59. The van der Waals surface area contributed by atoms with Crippen LogP contribution in [-0.2, 0) is 6.42 Å². The van der Waals surface area contributed by atoms with Crippen molar-refractivity contribution in [1.29, 1.82) is 0 Å². The Balaban J connectivity index is 1.23. The first-order chi connectivity index (χ1) is 17.7. The van der Waals surface area contributed by atoms with Gasteiger partial charge in [0.05, 0.1) is 18.4 Å². The number of carbonyl (C=O) groups excluding carboxylic acids is 1. The highest BCUT2D eigenvalue weighted by Gasteiger charge is 2.51. The van der Waals surface area contributed by atoms with Gasteiger partial charge < -0.3 is 16.0 Å². The number of nitrogens with two attached hydrogens (primary N) is 1. The van der Waals surface area contributed by atoms with Crippen molar-refractivity contribution >= 4 is 17.4 Å². The molecule has 0 unspecified atom stereocenters. The largest absolute Gasteiger partial charge is 0.401 e. The van der Waals surface area contributed by atoms with Gasteiger partial charge in [-0.2, -0.15) is 13.2 Å². The number of benzene rings is 2. The van der Waals surface area contributed by atoms with E-state index < -0.39 is 12.7 Å². The molecule has 4 heterocycles. The minimum atomic E-state index is -4.18. The highest BCUT2D eigenvalue weighted by Crippen LogP contribution is 2.40. The van der Waals surface area contributed by atoms with Crippen molar-refractivity contribution in [1.82, 2.24) is 20.2 Å². The summed E-state index contributed by atoms with van der Waals surface area (Å²) in [6.07, 6.45) is -1.80. The third-order valence-corrected chi connectivity index (χ3v) is 7.87. The van der Waals surface area contributed by atoms with Crippen molar-refractivity contribution in [2.45, 2.75) is 31.6 Å². The molecule has 2 fully saturated rings. The summed E-state index contributed by atoms with van der Waals surface area (Å²) >= 11 is 0. The monoisotopic (exact) mass is 508 g/mol. The lowest BCUT2D eigenvalue weighted by Crippen LogP contribution is -2.49. The second-order valence-electron chi connectivity index (χ2n) is 10.1. The topological polar surface area (TPSA) is 87.4 Å². The summed E-state index contributed by atoms with van der Waals surface area (Å²) in [5.74, 6) is 0.413. The zero-order valence-electron chi connectivity index (χ0n) is 20.3. The molecule has 3 aliphatic rings. The van der Waals surface area contributed by atoms with Crippen molar-refractivity contribution in [2.24, 2.45) is 5.92 Å². The number of rotatable bonds is 4. The van der Waals surface area contributed by atoms with Crippen molar-refractivity contribution in [3.63, 3.8) is 0 Å². The number of alkyl halides is 3. The van der Waals surface area contributed by atoms with Crippen LogP contribution in [0.2, 0.25) is 0 Å². The van der Waals surface area contributed by atoms with Gasteiger partial charge in [-0.3, -0.25) is 9.69 Å². The van der Waals surface area contributed by atoms with E-state index in [1.54, 1.807) is 17.2 Å². The van der Waals surface area contributed by atoms with Gasteiger partial charge in [-0.15, -0.1) is 0 Å². The van der Waals surface area contributed by atoms with Gasteiger partial charge in [-0.05, 0) is 42.2 Å². The zero-order chi connectivity index (χ0) is 25.9. The van der Waals surface area contributed by atoms with Crippen molar-refractivity contribution in [3.05, 3.63) is 59.8 Å². The van der Waals surface area contributed by atoms with Crippen LogP contribution in [0, 0.1) is 5.92 Å². The molecule has 3 aromatic rings. The molecule has 0 saturated carbocycles. The Labute approximate surface area is 212 Å². The van der Waals surface area contributed by atoms with Crippen LogP contribution in [0.4, 0.5) is 24.7 Å². The van der Waals surface area contributed by atoms with E-state index >= 15 is 0 Å². The van der Waals surface area contributed by atoms with Gasteiger partial charge in [0.1, 0.15) is 11.5 Å². The first kappa shape index (κ1) is 23.7. The molecule has 37 heavy (non-hydrogen) atoms. The van der Waals surface area contributed by atoms with Crippen molar-refractivity contribution < 1.29 is 18.0 Å². The van der Waals surface area contributed by atoms with Gasteiger partial charge in [0.25, 0.3) is 5.91 Å². The fourth-order valence-corrected chi connectivity index (χ4v) is 5.99. The first-order valence-corrected chi connectivity index (χ1v) is 12.4. The van der Waals surface area contributed by atoms with Crippen LogP contribution in [-0.4, -0.2) is 65.2 Å². The number of likely N-dealkylation sites (tertiary alicyclic amines) is 1. The zero-order valence-corrected chi connectivity index (χ0v) is 20.3. The molecule has 1 aromatic heterocycles. The lowest BCUT2D eigenvalue weighted by molar-refractivity contribution is -0.148. The van der Waals surface area contributed by atoms with Crippen LogP contribution >= 0.6 is 0 Å². The van der Waals surface area contributed by atoms with E-state index in [1.807, 2.05) is 43.3 Å². The smallest absolute Gasteiger partial charge is 0.382 e. The summed E-state index contributed by atoms with van der Waals surface area (Å²) < 4.78 is 38.8. The number of hydrogen-bond acceptors (Lipinski definition) is 6. The molecule has 3 N–H and O–H groups in total. The number of hydrogen-bond donors (Lipinski definition) is 2. The van der Waals surface area contributed by atoms with E-state index in [4.69, 9.17) is 10.7 Å². The first-order valence-electron chi connectivity index (χ1n) is 12.4. The molecule has 3 atom stereocenters. The van der Waals surface area contributed by atoms with E-state index in [0.29, 0.717) is 42.4 Å². The maximum absolute atomic E-state index is 12.9. The predicted octanol–water partition coefficient (Wildman–Crippen LogP) is 3.75. The van der Waals surface area contributed by atoms with Crippen LogP contribution in [0.15, 0.2) is 48.7 Å². The molecule has 6 rings (SSSR count). The second-order valence-corrected chi connectivity index (χ2v) is 10.1. The van der Waals surface area contributed by atoms with E-state index in [2.05, 4.69) is 15.2 Å². The number of nitrogens with one attached hydrogen (secondary N) is 1. The highest BCUT2D eigenvalue weighted by molar-refractivity contribution is 5.97. The maximum Gasteiger partial charge on any atom is 0.401 e. The number of aromatic nitrogens is 2. The predicted molar refractivity (Wildman–Crippen MR) is 135 cm³/mol. The third-order valence-electron chi connectivity index (χ3n) is 7.87. The molecular formula is C27H27F3N6O. The second kappa shape index (κ2) is 8.72. The van der Waals surface area contributed by atoms with Gasteiger partial charge in [-0.25, -0.2) is 9.97 Å². The summed E-state index contributed by atoms with van der Waals surface area (Å²) in [4.78, 5) is 25.0. The number of carbonyl (C=O) groups is 1. The SMILES string of the molecule is C[C@H]1[C@H]2CN(c3ccc(-c4cnc(N)c(-c5ccc6c(c5)CCNC6=O)n4)cc3)[C@@H]1CN2CC(F)(F)F. The van der Waals surface area contributed by atoms with E-state index in [-0.39, 0.29) is 23.9 Å². The third kappa shape index (κ3) is 4.29. The molecule has 192 valence electrons. The van der Waals surface area contributed by atoms with Crippen LogP contribution in [0.1, 0.15) is 22.8 Å². The molecule has 3 aliphatic heterocycles.